The first kappa shape index (κ1) is 20.2. The SMILES string of the molecule is CCOC(=O)N1CCN(c2ccc([N+](=O)[O-])c(NCc3cnc(Cl)s3)c2)CC1. The lowest BCUT2D eigenvalue weighted by Gasteiger charge is -2.35. The number of carbonyl (C=O) groups is 1. The Morgan fingerprint density at radius 2 is 2.14 bits per heavy atom. The Morgan fingerprint density at radius 1 is 1.39 bits per heavy atom. The quantitative estimate of drug-likeness (QED) is 0.557. The van der Waals surface area contributed by atoms with Crippen molar-refractivity contribution in [3.05, 3.63) is 43.9 Å². The number of benzene rings is 1. The summed E-state index contributed by atoms with van der Waals surface area (Å²) in [4.78, 5) is 31.4. The largest absolute Gasteiger partial charge is 0.450 e. The molecular formula is C17H20ClN5O4S. The normalized spacial score (nSPS) is 14.1. The molecule has 1 aromatic carbocycles. The number of nitro groups is 1. The van der Waals surface area contributed by atoms with Crippen molar-refractivity contribution >= 4 is 46.1 Å². The molecule has 0 radical (unpaired) electrons. The van der Waals surface area contributed by atoms with Gasteiger partial charge in [-0.15, -0.1) is 11.3 Å². The molecule has 1 aromatic heterocycles. The molecule has 9 nitrogen and oxygen atoms in total. The number of hydrogen-bond donors (Lipinski definition) is 1. The molecule has 1 amide bonds. The highest BCUT2D eigenvalue weighted by atomic mass is 35.5. The Hall–Kier alpha value is -2.59. The van der Waals surface area contributed by atoms with Gasteiger partial charge in [-0.05, 0) is 19.1 Å². The number of hydrogen-bond acceptors (Lipinski definition) is 8. The molecule has 28 heavy (non-hydrogen) atoms. The van der Waals surface area contributed by atoms with Crippen molar-refractivity contribution in [1.82, 2.24) is 9.88 Å². The second kappa shape index (κ2) is 9.07. The third-order valence-electron chi connectivity index (χ3n) is 4.33. The van der Waals surface area contributed by atoms with Gasteiger partial charge < -0.3 is 19.9 Å². The summed E-state index contributed by atoms with van der Waals surface area (Å²) in [6.07, 6.45) is 1.33. The minimum absolute atomic E-state index is 0.00419. The average molecular weight is 426 g/mol. The van der Waals surface area contributed by atoms with Crippen LogP contribution in [-0.4, -0.2) is 53.7 Å². The van der Waals surface area contributed by atoms with Crippen LogP contribution in [0.1, 0.15) is 11.8 Å². The van der Waals surface area contributed by atoms with Crippen LogP contribution in [-0.2, 0) is 11.3 Å². The van der Waals surface area contributed by atoms with Crippen molar-refractivity contribution in [3.63, 3.8) is 0 Å². The molecule has 2 heterocycles. The van der Waals surface area contributed by atoms with E-state index in [-0.39, 0.29) is 11.8 Å². The highest BCUT2D eigenvalue weighted by Crippen LogP contribution is 2.31. The molecule has 1 N–H and O–H groups in total. The fourth-order valence-corrected chi connectivity index (χ4v) is 3.85. The van der Waals surface area contributed by atoms with E-state index in [0.29, 0.717) is 49.5 Å². The van der Waals surface area contributed by atoms with Crippen LogP contribution >= 0.6 is 22.9 Å². The van der Waals surface area contributed by atoms with Crippen molar-refractivity contribution in [2.75, 3.05) is 43.0 Å². The van der Waals surface area contributed by atoms with Gasteiger partial charge in [-0.25, -0.2) is 9.78 Å². The van der Waals surface area contributed by atoms with Crippen LogP contribution < -0.4 is 10.2 Å². The van der Waals surface area contributed by atoms with Gasteiger partial charge in [-0.1, -0.05) is 11.6 Å². The molecule has 0 atom stereocenters. The summed E-state index contributed by atoms with van der Waals surface area (Å²) in [7, 11) is 0. The Balaban J connectivity index is 1.70. The zero-order valence-corrected chi connectivity index (χ0v) is 16.8. The molecule has 1 saturated heterocycles. The lowest BCUT2D eigenvalue weighted by atomic mass is 10.2. The summed E-state index contributed by atoms with van der Waals surface area (Å²) < 4.78 is 5.46. The topological polar surface area (TPSA) is 101 Å². The maximum Gasteiger partial charge on any atom is 0.409 e. The molecule has 150 valence electrons. The summed E-state index contributed by atoms with van der Waals surface area (Å²) in [5, 5.41) is 14.5. The van der Waals surface area contributed by atoms with Crippen molar-refractivity contribution in [3.8, 4) is 0 Å². The number of halogens is 1. The van der Waals surface area contributed by atoms with E-state index in [4.69, 9.17) is 16.3 Å². The third-order valence-corrected chi connectivity index (χ3v) is 5.44. The molecule has 2 aromatic rings. The fraction of sp³-hybridized carbons (Fsp3) is 0.412. The van der Waals surface area contributed by atoms with Crippen LogP contribution in [0, 0.1) is 10.1 Å². The third kappa shape index (κ3) is 4.82. The number of nitro benzene ring substituents is 1. The number of piperazine rings is 1. The highest BCUT2D eigenvalue weighted by Gasteiger charge is 2.23. The maximum absolute atomic E-state index is 11.8. The zero-order chi connectivity index (χ0) is 20.1. The Morgan fingerprint density at radius 3 is 2.75 bits per heavy atom. The second-order valence-electron chi connectivity index (χ2n) is 6.06. The summed E-state index contributed by atoms with van der Waals surface area (Å²) >= 11 is 7.15. The van der Waals surface area contributed by atoms with Crippen LogP contribution in [0.5, 0.6) is 0 Å². The number of anilines is 2. The van der Waals surface area contributed by atoms with Gasteiger partial charge in [0.2, 0.25) is 0 Å². The molecule has 0 bridgehead atoms. The maximum atomic E-state index is 11.8. The average Bonchev–Trinajstić information content (AvgIpc) is 3.11. The van der Waals surface area contributed by atoms with Gasteiger partial charge in [0.05, 0.1) is 18.1 Å². The first-order chi connectivity index (χ1) is 13.5. The standard InChI is InChI=1S/C17H20ClN5O4S/c1-2-27-17(24)22-7-5-21(6-8-22)12-3-4-15(23(25)26)14(9-12)19-10-13-11-20-16(18)28-13/h3-4,9,11,19H,2,5-8,10H2,1H3. The first-order valence-corrected chi connectivity index (χ1v) is 9.96. The van der Waals surface area contributed by atoms with E-state index in [2.05, 4.69) is 15.2 Å². The molecule has 3 rings (SSSR count). The second-order valence-corrected chi connectivity index (χ2v) is 7.76. The fourth-order valence-electron chi connectivity index (χ4n) is 2.93. The number of rotatable bonds is 6. The Labute approximate surface area is 171 Å². The summed E-state index contributed by atoms with van der Waals surface area (Å²) in [6.45, 7) is 4.85. The van der Waals surface area contributed by atoms with Gasteiger partial charge >= 0.3 is 6.09 Å². The molecular weight excluding hydrogens is 406 g/mol. The van der Waals surface area contributed by atoms with E-state index in [1.165, 1.54) is 17.4 Å². The Kier molecular flexibility index (Phi) is 6.53. The summed E-state index contributed by atoms with van der Waals surface area (Å²) in [5.74, 6) is 0. The minimum atomic E-state index is -0.412. The zero-order valence-electron chi connectivity index (χ0n) is 15.3. The van der Waals surface area contributed by atoms with Gasteiger partial charge in [0, 0.05) is 49.0 Å². The Bertz CT molecular complexity index is 854. The number of aromatic nitrogens is 1. The lowest BCUT2D eigenvalue weighted by Crippen LogP contribution is -2.49. The van der Waals surface area contributed by atoms with Gasteiger partial charge in [0.1, 0.15) is 5.69 Å². The van der Waals surface area contributed by atoms with E-state index in [0.717, 1.165) is 10.6 Å². The number of nitrogens with zero attached hydrogens (tertiary/aromatic N) is 4. The monoisotopic (exact) mass is 425 g/mol. The van der Waals surface area contributed by atoms with Crippen molar-refractivity contribution < 1.29 is 14.5 Å². The molecule has 1 fully saturated rings. The van der Waals surface area contributed by atoms with Gasteiger partial charge in [0.25, 0.3) is 5.69 Å². The van der Waals surface area contributed by atoms with Gasteiger partial charge in [-0.2, -0.15) is 0 Å². The molecule has 11 heteroatoms. The van der Waals surface area contributed by atoms with E-state index < -0.39 is 4.92 Å². The predicted molar refractivity (Wildman–Crippen MR) is 108 cm³/mol. The van der Waals surface area contributed by atoms with E-state index in [1.807, 2.05) is 0 Å². The molecule has 0 unspecified atom stereocenters. The number of ether oxygens (including phenoxy) is 1. The van der Waals surface area contributed by atoms with E-state index >= 15 is 0 Å². The van der Waals surface area contributed by atoms with Crippen LogP contribution in [0.2, 0.25) is 4.47 Å². The van der Waals surface area contributed by atoms with Crippen LogP contribution in [0.25, 0.3) is 0 Å². The number of nitrogens with one attached hydrogen (secondary N) is 1. The van der Waals surface area contributed by atoms with Crippen LogP contribution in [0.3, 0.4) is 0 Å². The highest BCUT2D eigenvalue weighted by molar-refractivity contribution is 7.15. The van der Waals surface area contributed by atoms with E-state index in [9.17, 15) is 14.9 Å². The van der Waals surface area contributed by atoms with Gasteiger partial charge in [0.15, 0.2) is 4.47 Å². The van der Waals surface area contributed by atoms with Gasteiger partial charge in [-0.3, -0.25) is 10.1 Å². The smallest absolute Gasteiger partial charge is 0.409 e. The van der Waals surface area contributed by atoms with Crippen molar-refractivity contribution in [2.45, 2.75) is 13.5 Å². The van der Waals surface area contributed by atoms with Crippen LogP contribution in [0.4, 0.5) is 21.9 Å². The van der Waals surface area contributed by atoms with Crippen molar-refractivity contribution in [2.24, 2.45) is 0 Å². The molecule has 1 aliphatic heterocycles. The molecule has 1 aliphatic rings. The lowest BCUT2D eigenvalue weighted by molar-refractivity contribution is -0.384. The van der Waals surface area contributed by atoms with E-state index in [1.54, 1.807) is 30.2 Å². The summed E-state index contributed by atoms with van der Waals surface area (Å²) in [5.41, 5.74) is 1.29. The van der Waals surface area contributed by atoms with Crippen molar-refractivity contribution in [1.29, 1.82) is 0 Å². The minimum Gasteiger partial charge on any atom is -0.450 e. The first-order valence-electron chi connectivity index (χ1n) is 8.77. The molecule has 0 saturated carbocycles. The summed E-state index contributed by atoms with van der Waals surface area (Å²) in [6, 6.07) is 4.99. The molecule has 0 spiro atoms. The number of carbonyl (C=O) groups excluding carboxylic acids is 1. The molecule has 0 aliphatic carbocycles. The number of amides is 1. The number of thiazole rings is 1. The predicted octanol–water partition coefficient (Wildman–Crippen LogP) is 3.60. The van der Waals surface area contributed by atoms with Crippen LogP contribution in [0.15, 0.2) is 24.4 Å².